The molecule has 0 saturated heterocycles. The van der Waals surface area contributed by atoms with Crippen LogP contribution in [-0.2, 0) is 11.3 Å². The second kappa shape index (κ2) is 9.39. The lowest BCUT2D eigenvalue weighted by Crippen LogP contribution is -2.08. The molecule has 0 unspecified atom stereocenters. The van der Waals surface area contributed by atoms with Crippen LogP contribution in [0.15, 0.2) is 91.0 Å². The highest BCUT2D eigenvalue weighted by atomic mass is 16.5. The first-order valence-electron chi connectivity index (χ1n) is 11.3. The van der Waals surface area contributed by atoms with Crippen LogP contribution in [-0.4, -0.2) is 23.8 Å². The van der Waals surface area contributed by atoms with Crippen molar-refractivity contribution in [1.82, 2.24) is 4.98 Å². The molecule has 0 amide bonds. The first-order valence-corrected chi connectivity index (χ1v) is 11.3. The number of hydrogen-bond acceptors (Lipinski definition) is 5. The number of hydrogen-bond donors (Lipinski definition) is 0. The Morgan fingerprint density at radius 3 is 2.37 bits per heavy atom. The number of carbonyl (C=O) groups is 2. The predicted molar refractivity (Wildman–Crippen MR) is 137 cm³/mol. The normalized spacial score (nSPS) is 10.9. The Hall–Kier alpha value is -4.51. The van der Waals surface area contributed by atoms with Crippen molar-refractivity contribution < 1.29 is 19.1 Å². The lowest BCUT2D eigenvalue weighted by Gasteiger charge is -2.13. The number of carbonyl (C=O) groups excluding carboxylic acids is 2. The summed E-state index contributed by atoms with van der Waals surface area (Å²) in [5, 5.41) is 2.87. The van der Waals surface area contributed by atoms with Crippen molar-refractivity contribution in [3.63, 3.8) is 0 Å². The van der Waals surface area contributed by atoms with Crippen LogP contribution in [0, 0.1) is 0 Å². The number of nitrogens with zero attached hydrogens (tertiary/aromatic N) is 1. The minimum Gasteiger partial charge on any atom is -0.496 e. The van der Waals surface area contributed by atoms with Gasteiger partial charge in [0.25, 0.3) is 0 Å². The molecule has 0 saturated carbocycles. The van der Waals surface area contributed by atoms with E-state index in [0.717, 1.165) is 16.3 Å². The molecule has 1 aromatic heterocycles. The third-order valence-corrected chi connectivity index (χ3v) is 6.05. The van der Waals surface area contributed by atoms with Crippen LogP contribution in [0.25, 0.3) is 32.9 Å². The fourth-order valence-corrected chi connectivity index (χ4v) is 4.26. The zero-order valence-corrected chi connectivity index (χ0v) is 19.4. The molecule has 5 rings (SSSR count). The van der Waals surface area contributed by atoms with Crippen LogP contribution >= 0.6 is 0 Å². The van der Waals surface area contributed by atoms with Gasteiger partial charge in [-0.3, -0.25) is 4.79 Å². The van der Waals surface area contributed by atoms with Gasteiger partial charge in [-0.25, -0.2) is 9.78 Å². The molecule has 0 spiro atoms. The Bertz CT molecular complexity index is 1580. The van der Waals surface area contributed by atoms with E-state index in [9.17, 15) is 9.59 Å². The monoisotopic (exact) mass is 461 g/mol. The Balaban J connectivity index is 1.55. The fourth-order valence-electron chi connectivity index (χ4n) is 4.26. The SMILES string of the molecule is COc1ccc(C(C)=O)cc1COC(=O)c1cc(-c2cccc3ccccc23)nc2ccccc12. The topological polar surface area (TPSA) is 65.5 Å². The third kappa shape index (κ3) is 4.36. The average molecular weight is 462 g/mol. The maximum atomic E-state index is 13.3. The number of para-hydroxylation sites is 1. The number of methoxy groups -OCH3 is 1. The van der Waals surface area contributed by atoms with Crippen molar-refractivity contribution in [2.75, 3.05) is 7.11 Å². The molecule has 0 aliphatic heterocycles. The van der Waals surface area contributed by atoms with Gasteiger partial charge in [0.15, 0.2) is 5.78 Å². The molecule has 0 aliphatic rings. The van der Waals surface area contributed by atoms with Crippen molar-refractivity contribution in [3.05, 3.63) is 108 Å². The van der Waals surface area contributed by atoms with E-state index in [0.29, 0.717) is 39.0 Å². The minimum atomic E-state index is -0.472. The number of rotatable bonds is 6. The van der Waals surface area contributed by atoms with Crippen LogP contribution < -0.4 is 4.74 Å². The largest absolute Gasteiger partial charge is 0.496 e. The average Bonchev–Trinajstić information content (AvgIpc) is 2.90. The first kappa shape index (κ1) is 22.3. The molecule has 35 heavy (non-hydrogen) atoms. The van der Waals surface area contributed by atoms with Gasteiger partial charge in [-0.2, -0.15) is 0 Å². The first-order chi connectivity index (χ1) is 17.0. The summed E-state index contributed by atoms with van der Waals surface area (Å²) in [6, 6.07) is 28.5. The summed E-state index contributed by atoms with van der Waals surface area (Å²) in [7, 11) is 1.54. The Kier molecular flexibility index (Phi) is 5.98. The zero-order valence-electron chi connectivity index (χ0n) is 19.4. The van der Waals surface area contributed by atoms with E-state index in [1.54, 1.807) is 31.4 Å². The Morgan fingerprint density at radius 1 is 0.829 bits per heavy atom. The van der Waals surface area contributed by atoms with Crippen molar-refractivity contribution >= 4 is 33.4 Å². The number of aromatic nitrogens is 1. The van der Waals surface area contributed by atoms with Crippen LogP contribution in [0.1, 0.15) is 33.2 Å². The van der Waals surface area contributed by atoms with Crippen LogP contribution in [0.2, 0.25) is 0 Å². The molecule has 0 N–H and O–H groups in total. The predicted octanol–water partition coefficient (Wildman–Crippen LogP) is 6.62. The number of ether oxygens (including phenoxy) is 2. The van der Waals surface area contributed by atoms with Gasteiger partial charge in [-0.05, 0) is 48.0 Å². The second-order valence-corrected chi connectivity index (χ2v) is 8.26. The quantitative estimate of drug-likeness (QED) is 0.210. The molecule has 5 aromatic rings. The number of esters is 1. The summed E-state index contributed by atoms with van der Waals surface area (Å²) in [4.78, 5) is 30.0. The maximum absolute atomic E-state index is 13.3. The Morgan fingerprint density at radius 2 is 1.57 bits per heavy atom. The second-order valence-electron chi connectivity index (χ2n) is 8.26. The van der Waals surface area contributed by atoms with E-state index in [-0.39, 0.29) is 12.4 Å². The minimum absolute atomic E-state index is 0.0244. The van der Waals surface area contributed by atoms with Crippen molar-refractivity contribution in [2.45, 2.75) is 13.5 Å². The van der Waals surface area contributed by atoms with Crippen molar-refractivity contribution in [2.24, 2.45) is 0 Å². The molecule has 0 atom stereocenters. The van der Waals surface area contributed by atoms with Crippen LogP contribution in [0.4, 0.5) is 0 Å². The number of ketones is 1. The van der Waals surface area contributed by atoms with Crippen LogP contribution in [0.3, 0.4) is 0 Å². The standard InChI is InChI=1S/C30H23NO4/c1-19(32)21-14-15-29(34-2)22(16-21)18-35-30(33)26-17-28(31-27-13-6-5-11-25(26)27)24-12-7-9-20-8-3-4-10-23(20)24/h3-17H,18H2,1-2H3. The number of fused-ring (bicyclic) bond motifs is 2. The van der Waals surface area contributed by atoms with Gasteiger partial charge in [0.1, 0.15) is 12.4 Å². The highest BCUT2D eigenvalue weighted by Crippen LogP contribution is 2.31. The lowest BCUT2D eigenvalue weighted by molar-refractivity contribution is 0.0472. The summed E-state index contributed by atoms with van der Waals surface area (Å²) in [5.74, 6) is 0.0132. The summed E-state index contributed by atoms with van der Waals surface area (Å²) >= 11 is 0. The number of pyridine rings is 1. The van der Waals surface area contributed by atoms with E-state index in [2.05, 4.69) is 12.1 Å². The summed E-state index contributed by atoms with van der Waals surface area (Å²) in [5.41, 5.74) is 3.94. The maximum Gasteiger partial charge on any atom is 0.339 e. The molecule has 1 heterocycles. The molecule has 0 bridgehead atoms. The molecular formula is C30H23NO4. The van der Waals surface area contributed by atoms with E-state index in [1.165, 1.54) is 6.92 Å². The fraction of sp³-hybridized carbons (Fsp3) is 0.100. The van der Waals surface area contributed by atoms with Gasteiger partial charge in [0.05, 0.1) is 23.9 Å². The molecule has 0 fully saturated rings. The van der Waals surface area contributed by atoms with E-state index in [1.807, 2.05) is 54.6 Å². The smallest absolute Gasteiger partial charge is 0.339 e. The van der Waals surface area contributed by atoms with Crippen molar-refractivity contribution in [3.8, 4) is 17.0 Å². The van der Waals surface area contributed by atoms with Gasteiger partial charge < -0.3 is 9.47 Å². The third-order valence-electron chi connectivity index (χ3n) is 6.05. The number of benzene rings is 4. The molecule has 0 radical (unpaired) electrons. The summed E-state index contributed by atoms with van der Waals surface area (Å²) in [6.45, 7) is 1.47. The Labute approximate surface area is 203 Å². The van der Waals surface area contributed by atoms with Gasteiger partial charge in [0, 0.05) is 22.1 Å². The molecule has 5 nitrogen and oxygen atoms in total. The van der Waals surface area contributed by atoms with Crippen LogP contribution in [0.5, 0.6) is 5.75 Å². The molecular weight excluding hydrogens is 438 g/mol. The molecule has 0 aliphatic carbocycles. The highest BCUT2D eigenvalue weighted by molar-refractivity contribution is 6.06. The van der Waals surface area contributed by atoms with Gasteiger partial charge in [-0.15, -0.1) is 0 Å². The van der Waals surface area contributed by atoms with Crippen molar-refractivity contribution in [1.29, 1.82) is 0 Å². The van der Waals surface area contributed by atoms with Gasteiger partial charge >= 0.3 is 5.97 Å². The zero-order chi connectivity index (χ0) is 24.4. The molecule has 5 heteroatoms. The van der Waals surface area contributed by atoms with Gasteiger partial charge in [0.2, 0.25) is 0 Å². The van der Waals surface area contributed by atoms with E-state index < -0.39 is 5.97 Å². The van der Waals surface area contributed by atoms with Gasteiger partial charge in [-0.1, -0.05) is 60.7 Å². The van der Waals surface area contributed by atoms with E-state index in [4.69, 9.17) is 14.5 Å². The molecule has 4 aromatic carbocycles. The highest BCUT2D eigenvalue weighted by Gasteiger charge is 2.17. The number of Topliss-reactive ketones (excluding diaryl/α,β-unsaturated/α-hetero) is 1. The van der Waals surface area contributed by atoms with E-state index >= 15 is 0 Å². The summed E-state index contributed by atoms with van der Waals surface area (Å²) < 4.78 is 11.1. The molecule has 172 valence electrons. The summed E-state index contributed by atoms with van der Waals surface area (Å²) in [6.07, 6.45) is 0. The lowest BCUT2D eigenvalue weighted by atomic mass is 9.99.